The highest BCUT2D eigenvalue weighted by atomic mass is 16.6. The lowest BCUT2D eigenvalue weighted by Crippen LogP contribution is -2.42. The average molecular weight is 264 g/mol. The lowest BCUT2D eigenvalue weighted by Gasteiger charge is -2.36. The molecule has 19 heavy (non-hydrogen) atoms. The maximum atomic E-state index is 11.8. The van der Waals surface area contributed by atoms with E-state index < -0.39 is 5.60 Å². The van der Waals surface area contributed by atoms with Crippen molar-refractivity contribution in [1.82, 2.24) is 0 Å². The van der Waals surface area contributed by atoms with E-state index in [2.05, 4.69) is 19.6 Å². The quantitative estimate of drug-likeness (QED) is 0.415. The molecule has 4 atom stereocenters. The van der Waals surface area contributed by atoms with Crippen LogP contribution in [0.25, 0.3) is 0 Å². The van der Waals surface area contributed by atoms with Crippen LogP contribution in [0.4, 0.5) is 0 Å². The van der Waals surface area contributed by atoms with Gasteiger partial charge in [0.1, 0.15) is 6.10 Å². The molecule has 3 nitrogen and oxygen atoms in total. The maximum Gasteiger partial charge on any atom is 0.334 e. The number of hydrogen-bond donors (Lipinski definition) is 1. The fourth-order valence-corrected chi connectivity index (χ4v) is 3.10. The Kier molecular flexibility index (Phi) is 3.86. The van der Waals surface area contributed by atoms with Crippen LogP contribution in [0.2, 0.25) is 0 Å². The van der Waals surface area contributed by atoms with Crippen molar-refractivity contribution in [2.75, 3.05) is 0 Å². The number of allylic oxidation sites excluding steroid dienone is 2. The summed E-state index contributed by atoms with van der Waals surface area (Å²) in [6.07, 6.45) is 5.36. The van der Waals surface area contributed by atoms with E-state index in [1.54, 1.807) is 0 Å². The van der Waals surface area contributed by atoms with Crippen molar-refractivity contribution in [2.45, 2.75) is 58.2 Å². The fraction of sp³-hybridized carbons (Fsp3) is 0.688. The van der Waals surface area contributed by atoms with E-state index in [0.29, 0.717) is 12.0 Å². The van der Waals surface area contributed by atoms with Gasteiger partial charge in [0, 0.05) is 17.4 Å². The minimum atomic E-state index is -0.818. The van der Waals surface area contributed by atoms with E-state index in [4.69, 9.17) is 4.74 Å². The average Bonchev–Trinajstić information content (AvgIpc) is 2.61. The molecule has 0 aromatic carbocycles. The predicted molar refractivity (Wildman–Crippen MR) is 74.5 cm³/mol. The molecule has 0 aromatic heterocycles. The Balaban J connectivity index is 2.31. The summed E-state index contributed by atoms with van der Waals surface area (Å²) in [5, 5.41) is 10.6. The first-order valence-electron chi connectivity index (χ1n) is 7.10. The second-order valence-corrected chi connectivity index (χ2v) is 6.28. The van der Waals surface area contributed by atoms with Crippen LogP contribution in [-0.4, -0.2) is 22.8 Å². The van der Waals surface area contributed by atoms with E-state index in [1.165, 1.54) is 5.57 Å². The van der Waals surface area contributed by atoms with Crippen molar-refractivity contribution in [2.24, 2.45) is 11.8 Å². The minimum Gasteiger partial charge on any atom is -0.458 e. The minimum absolute atomic E-state index is 0.0374. The molecule has 0 aromatic rings. The number of carbonyl (C=O) groups is 1. The molecule has 1 saturated heterocycles. The Bertz CT molecular complexity index is 420. The molecule has 0 spiro atoms. The molecule has 2 rings (SSSR count). The van der Waals surface area contributed by atoms with E-state index in [9.17, 15) is 9.90 Å². The predicted octanol–water partition coefficient (Wildman–Crippen LogP) is 2.99. The van der Waals surface area contributed by atoms with Crippen molar-refractivity contribution >= 4 is 5.97 Å². The molecule has 1 heterocycles. The SMILES string of the molecule is C=C1C(=O)O[C@@H]2[C@@H](C)[C@](C)(O)CC/C=C(/C)CC[C@@H]12. The van der Waals surface area contributed by atoms with Crippen molar-refractivity contribution in [1.29, 1.82) is 0 Å². The molecule has 1 N–H and O–H groups in total. The van der Waals surface area contributed by atoms with E-state index >= 15 is 0 Å². The van der Waals surface area contributed by atoms with Gasteiger partial charge < -0.3 is 9.84 Å². The lowest BCUT2D eigenvalue weighted by atomic mass is 9.75. The number of rotatable bonds is 0. The summed E-state index contributed by atoms with van der Waals surface area (Å²) in [4.78, 5) is 11.8. The number of ether oxygens (including phenoxy) is 1. The highest BCUT2D eigenvalue weighted by Gasteiger charge is 2.46. The van der Waals surface area contributed by atoms with E-state index in [0.717, 1.165) is 19.3 Å². The van der Waals surface area contributed by atoms with Crippen LogP contribution in [0, 0.1) is 11.8 Å². The van der Waals surface area contributed by atoms with Crippen LogP contribution in [0.5, 0.6) is 0 Å². The van der Waals surface area contributed by atoms with Gasteiger partial charge in [0.15, 0.2) is 0 Å². The smallest absolute Gasteiger partial charge is 0.334 e. The van der Waals surface area contributed by atoms with Crippen LogP contribution in [0.1, 0.15) is 46.5 Å². The molecule has 0 amide bonds. The Labute approximate surface area is 115 Å². The highest BCUT2D eigenvalue weighted by Crippen LogP contribution is 2.40. The standard InChI is InChI=1S/C16H24O3/c1-10-6-5-9-16(4,18)12(3)14-13(8-7-10)11(2)15(17)19-14/h6,12-14,18H,2,5,7-9H2,1,3-4H3/b10-6-/t12-,13+,14-,16-/m1/s1. The van der Waals surface area contributed by atoms with Crippen LogP contribution in [0.3, 0.4) is 0 Å². The van der Waals surface area contributed by atoms with Gasteiger partial charge in [-0.25, -0.2) is 4.79 Å². The van der Waals surface area contributed by atoms with Crippen LogP contribution >= 0.6 is 0 Å². The third-order valence-electron chi connectivity index (χ3n) is 4.82. The van der Waals surface area contributed by atoms with Crippen molar-refractivity contribution in [3.8, 4) is 0 Å². The first-order valence-corrected chi connectivity index (χ1v) is 7.10. The van der Waals surface area contributed by atoms with Gasteiger partial charge in [0.25, 0.3) is 0 Å². The van der Waals surface area contributed by atoms with E-state index in [1.807, 2.05) is 13.8 Å². The Morgan fingerprint density at radius 1 is 1.53 bits per heavy atom. The third-order valence-corrected chi connectivity index (χ3v) is 4.82. The summed E-state index contributed by atoms with van der Waals surface area (Å²) in [5.74, 6) is -0.332. The largest absolute Gasteiger partial charge is 0.458 e. The summed E-state index contributed by atoms with van der Waals surface area (Å²) in [7, 11) is 0. The molecule has 2 aliphatic rings. The maximum absolute atomic E-state index is 11.8. The molecular weight excluding hydrogens is 240 g/mol. The monoisotopic (exact) mass is 264 g/mol. The fourth-order valence-electron chi connectivity index (χ4n) is 3.10. The van der Waals surface area contributed by atoms with Gasteiger partial charge >= 0.3 is 5.97 Å². The second kappa shape index (κ2) is 5.12. The van der Waals surface area contributed by atoms with Gasteiger partial charge in [0.2, 0.25) is 0 Å². The topological polar surface area (TPSA) is 46.5 Å². The zero-order valence-electron chi connectivity index (χ0n) is 12.1. The van der Waals surface area contributed by atoms with Crippen LogP contribution < -0.4 is 0 Å². The Morgan fingerprint density at radius 3 is 2.89 bits per heavy atom. The van der Waals surface area contributed by atoms with Gasteiger partial charge in [-0.3, -0.25) is 0 Å². The first-order chi connectivity index (χ1) is 8.83. The summed E-state index contributed by atoms with van der Waals surface area (Å²) in [6, 6.07) is 0. The highest BCUT2D eigenvalue weighted by molar-refractivity contribution is 5.90. The molecular formula is C16H24O3. The van der Waals surface area contributed by atoms with Crippen LogP contribution in [0.15, 0.2) is 23.8 Å². The number of carbonyl (C=O) groups excluding carboxylic acids is 1. The van der Waals surface area contributed by atoms with Crippen molar-refractivity contribution in [3.05, 3.63) is 23.8 Å². The number of hydrogen-bond acceptors (Lipinski definition) is 3. The molecule has 1 fully saturated rings. The van der Waals surface area contributed by atoms with Crippen molar-refractivity contribution < 1.29 is 14.6 Å². The van der Waals surface area contributed by atoms with E-state index in [-0.39, 0.29) is 23.9 Å². The zero-order valence-corrected chi connectivity index (χ0v) is 12.1. The molecule has 1 aliphatic heterocycles. The normalized spacial score (nSPS) is 43.2. The van der Waals surface area contributed by atoms with Gasteiger partial charge in [-0.2, -0.15) is 0 Å². The summed E-state index contributed by atoms with van der Waals surface area (Å²) in [5.41, 5.74) is 1.07. The number of esters is 1. The molecule has 0 bridgehead atoms. The lowest BCUT2D eigenvalue weighted by molar-refractivity contribution is -0.146. The number of fused-ring (bicyclic) bond motifs is 1. The van der Waals surface area contributed by atoms with Crippen molar-refractivity contribution in [3.63, 3.8) is 0 Å². The molecule has 3 heteroatoms. The second-order valence-electron chi connectivity index (χ2n) is 6.28. The summed E-state index contributed by atoms with van der Waals surface area (Å²) >= 11 is 0. The van der Waals surface area contributed by atoms with Gasteiger partial charge in [-0.1, -0.05) is 25.2 Å². The summed E-state index contributed by atoms with van der Waals surface area (Å²) in [6.45, 7) is 9.80. The van der Waals surface area contributed by atoms with Gasteiger partial charge in [-0.05, 0) is 39.5 Å². The molecule has 0 saturated carbocycles. The molecule has 0 radical (unpaired) electrons. The molecule has 0 unspecified atom stereocenters. The zero-order chi connectivity index (χ0) is 14.2. The Morgan fingerprint density at radius 2 is 2.21 bits per heavy atom. The summed E-state index contributed by atoms with van der Waals surface area (Å²) < 4.78 is 5.47. The molecule has 106 valence electrons. The molecule has 1 aliphatic carbocycles. The van der Waals surface area contributed by atoms with Gasteiger partial charge in [-0.15, -0.1) is 0 Å². The third kappa shape index (κ3) is 2.76. The number of aliphatic hydroxyl groups is 1. The van der Waals surface area contributed by atoms with Gasteiger partial charge in [0.05, 0.1) is 5.60 Å². The first kappa shape index (κ1) is 14.3. The Hall–Kier alpha value is -1.09. The van der Waals surface area contributed by atoms with Crippen LogP contribution in [-0.2, 0) is 9.53 Å².